The number of urea groups is 1. The van der Waals surface area contributed by atoms with Crippen LogP contribution in [-0.2, 0) is 4.79 Å². The minimum atomic E-state index is -0.398. The molecule has 0 saturated heterocycles. The third-order valence-electron chi connectivity index (χ3n) is 4.09. The lowest BCUT2D eigenvalue weighted by molar-refractivity contribution is -0.116. The highest BCUT2D eigenvalue weighted by Crippen LogP contribution is 2.15. The second-order valence-electron chi connectivity index (χ2n) is 6.46. The number of carbonyl (C=O) groups excluding carboxylic acids is 3. The molecular formula is C22H20BrN5O3. The van der Waals surface area contributed by atoms with E-state index in [-0.39, 0.29) is 24.8 Å². The van der Waals surface area contributed by atoms with Crippen LogP contribution in [-0.4, -0.2) is 29.4 Å². The Kier molecular flexibility index (Phi) is 7.72. The highest BCUT2D eigenvalue weighted by molar-refractivity contribution is 9.10. The molecule has 0 aliphatic carbocycles. The van der Waals surface area contributed by atoms with E-state index < -0.39 is 6.03 Å². The molecule has 2 aromatic carbocycles. The first-order valence-electron chi connectivity index (χ1n) is 9.41. The Bertz CT molecular complexity index is 1060. The monoisotopic (exact) mass is 481 g/mol. The van der Waals surface area contributed by atoms with Gasteiger partial charge in [0, 0.05) is 52.5 Å². The van der Waals surface area contributed by atoms with Gasteiger partial charge in [-0.05, 0) is 54.6 Å². The van der Waals surface area contributed by atoms with Crippen LogP contribution in [0.15, 0.2) is 77.5 Å². The fourth-order valence-corrected chi connectivity index (χ4v) is 2.86. The maximum Gasteiger partial charge on any atom is 0.319 e. The molecule has 9 heteroatoms. The Morgan fingerprint density at radius 1 is 0.806 bits per heavy atom. The maximum atomic E-state index is 12.4. The van der Waals surface area contributed by atoms with Gasteiger partial charge < -0.3 is 21.3 Å². The zero-order chi connectivity index (χ0) is 22.1. The summed E-state index contributed by atoms with van der Waals surface area (Å²) in [4.78, 5) is 40.3. The summed E-state index contributed by atoms with van der Waals surface area (Å²) in [5.41, 5.74) is 2.17. The number of rotatable bonds is 7. The Balaban J connectivity index is 1.44. The van der Waals surface area contributed by atoms with Crippen LogP contribution in [0.3, 0.4) is 0 Å². The topological polar surface area (TPSA) is 112 Å². The molecule has 1 heterocycles. The van der Waals surface area contributed by atoms with E-state index in [9.17, 15) is 14.4 Å². The van der Waals surface area contributed by atoms with Crippen molar-refractivity contribution < 1.29 is 14.4 Å². The number of pyridine rings is 1. The number of carbonyl (C=O) groups is 3. The van der Waals surface area contributed by atoms with Gasteiger partial charge in [0.05, 0.1) is 0 Å². The van der Waals surface area contributed by atoms with E-state index in [4.69, 9.17) is 0 Å². The Morgan fingerprint density at radius 3 is 2.26 bits per heavy atom. The minimum Gasteiger partial charge on any atom is -0.337 e. The largest absolute Gasteiger partial charge is 0.337 e. The summed E-state index contributed by atoms with van der Waals surface area (Å²) in [6.45, 7) is 0.163. The molecule has 0 spiro atoms. The zero-order valence-electron chi connectivity index (χ0n) is 16.4. The maximum absolute atomic E-state index is 12.4. The molecule has 158 valence electrons. The fraction of sp³-hybridized carbons (Fsp3) is 0.0909. The van der Waals surface area contributed by atoms with Gasteiger partial charge in [0.15, 0.2) is 0 Å². The van der Waals surface area contributed by atoms with E-state index in [1.807, 2.05) is 12.1 Å². The molecular weight excluding hydrogens is 462 g/mol. The van der Waals surface area contributed by atoms with Crippen LogP contribution in [0.4, 0.5) is 21.9 Å². The number of hydrogen-bond acceptors (Lipinski definition) is 4. The van der Waals surface area contributed by atoms with Crippen molar-refractivity contribution in [2.75, 3.05) is 22.5 Å². The number of anilines is 3. The number of amides is 4. The number of hydrogen-bond donors (Lipinski definition) is 4. The zero-order valence-corrected chi connectivity index (χ0v) is 18.0. The molecule has 3 rings (SSSR count). The first-order chi connectivity index (χ1) is 15.0. The van der Waals surface area contributed by atoms with Crippen LogP contribution in [0, 0.1) is 0 Å². The van der Waals surface area contributed by atoms with Gasteiger partial charge in [0.25, 0.3) is 5.91 Å². The number of halogens is 1. The van der Waals surface area contributed by atoms with E-state index in [2.05, 4.69) is 42.2 Å². The predicted molar refractivity (Wildman–Crippen MR) is 123 cm³/mol. The highest BCUT2D eigenvalue weighted by Gasteiger charge is 2.09. The lowest BCUT2D eigenvalue weighted by atomic mass is 10.2. The first-order valence-corrected chi connectivity index (χ1v) is 10.2. The molecule has 8 nitrogen and oxygen atoms in total. The van der Waals surface area contributed by atoms with Crippen molar-refractivity contribution in [3.05, 3.63) is 83.1 Å². The smallest absolute Gasteiger partial charge is 0.319 e. The van der Waals surface area contributed by atoms with Gasteiger partial charge in [-0.25, -0.2) is 4.79 Å². The van der Waals surface area contributed by atoms with E-state index in [1.165, 1.54) is 0 Å². The van der Waals surface area contributed by atoms with Crippen LogP contribution in [0.25, 0.3) is 0 Å². The molecule has 0 radical (unpaired) electrons. The third kappa shape index (κ3) is 7.23. The van der Waals surface area contributed by atoms with Gasteiger partial charge in [-0.2, -0.15) is 0 Å². The van der Waals surface area contributed by atoms with Gasteiger partial charge >= 0.3 is 6.03 Å². The molecule has 1 aromatic heterocycles. The minimum absolute atomic E-state index is 0.0845. The quantitative estimate of drug-likeness (QED) is 0.404. The number of benzene rings is 2. The normalized spacial score (nSPS) is 10.1. The van der Waals surface area contributed by atoms with E-state index in [0.29, 0.717) is 22.6 Å². The number of aromatic nitrogens is 1. The summed E-state index contributed by atoms with van der Waals surface area (Å²) in [6, 6.07) is 16.7. The van der Waals surface area contributed by atoms with Crippen molar-refractivity contribution in [2.45, 2.75) is 6.42 Å². The van der Waals surface area contributed by atoms with E-state index in [1.54, 1.807) is 60.9 Å². The van der Waals surface area contributed by atoms with Crippen molar-refractivity contribution in [2.24, 2.45) is 0 Å². The summed E-state index contributed by atoms with van der Waals surface area (Å²) in [5.74, 6) is -0.579. The van der Waals surface area contributed by atoms with Crippen LogP contribution >= 0.6 is 15.9 Å². The number of nitrogens with one attached hydrogen (secondary N) is 4. The highest BCUT2D eigenvalue weighted by atomic mass is 79.9. The Hall–Kier alpha value is -3.72. The molecule has 0 atom stereocenters. The average Bonchev–Trinajstić information content (AvgIpc) is 2.76. The standard InChI is InChI=1S/C22H20BrN5O3/c23-16-4-6-17(7-5-16)28-22(31)25-13-10-20(29)26-19-3-1-2-15(14-19)21(30)27-18-8-11-24-12-9-18/h1-9,11-12,14H,10,13H2,(H,26,29)(H,24,27,30)(H2,25,28,31). The Labute approximate surface area is 187 Å². The van der Waals surface area contributed by atoms with Crippen molar-refractivity contribution in [3.63, 3.8) is 0 Å². The molecule has 0 bridgehead atoms. The lowest BCUT2D eigenvalue weighted by Gasteiger charge is -2.10. The van der Waals surface area contributed by atoms with Crippen LogP contribution in [0.5, 0.6) is 0 Å². The van der Waals surface area contributed by atoms with Gasteiger partial charge in [-0.3, -0.25) is 14.6 Å². The van der Waals surface area contributed by atoms with Crippen molar-refractivity contribution in [1.82, 2.24) is 10.3 Å². The van der Waals surface area contributed by atoms with Crippen LogP contribution < -0.4 is 21.3 Å². The molecule has 0 aliphatic heterocycles. The summed E-state index contributed by atoms with van der Waals surface area (Å²) in [5, 5.41) is 10.8. The fourth-order valence-electron chi connectivity index (χ4n) is 2.60. The summed E-state index contributed by atoms with van der Waals surface area (Å²) < 4.78 is 0.911. The molecule has 3 aromatic rings. The van der Waals surface area contributed by atoms with Crippen molar-refractivity contribution >= 4 is 50.8 Å². The molecule has 0 fully saturated rings. The van der Waals surface area contributed by atoms with Gasteiger partial charge in [0.1, 0.15) is 0 Å². The Morgan fingerprint density at radius 2 is 1.52 bits per heavy atom. The van der Waals surface area contributed by atoms with Crippen molar-refractivity contribution in [3.8, 4) is 0 Å². The van der Waals surface area contributed by atoms with E-state index >= 15 is 0 Å². The molecule has 0 saturated carbocycles. The first kappa shape index (κ1) is 22.0. The van der Waals surface area contributed by atoms with Gasteiger partial charge in [-0.15, -0.1) is 0 Å². The van der Waals surface area contributed by atoms with Crippen LogP contribution in [0.2, 0.25) is 0 Å². The average molecular weight is 482 g/mol. The molecule has 4 amide bonds. The number of nitrogens with zero attached hydrogens (tertiary/aromatic N) is 1. The summed E-state index contributed by atoms with van der Waals surface area (Å²) in [6.07, 6.45) is 3.25. The molecule has 0 aliphatic rings. The van der Waals surface area contributed by atoms with Crippen LogP contribution in [0.1, 0.15) is 16.8 Å². The second-order valence-corrected chi connectivity index (χ2v) is 7.37. The molecule has 0 unspecified atom stereocenters. The summed E-state index contributed by atoms with van der Waals surface area (Å²) in [7, 11) is 0. The SMILES string of the molecule is O=C(CCNC(=O)Nc1ccc(Br)cc1)Nc1cccc(C(=O)Nc2ccncc2)c1. The second kappa shape index (κ2) is 10.9. The third-order valence-corrected chi connectivity index (χ3v) is 4.62. The van der Waals surface area contributed by atoms with E-state index in [0.717, 1.165) is 4.47 Å². The van der Waals surface area contributed by atoms with Gasteiger partial charge in [-0.1, -0.05) is 22.0 Å². The van der Waals surface area contributed by atoms with Crippen molar-refractivity contribution in [1.29, 1.82) is 0 Å². The van der Waals surface area contributed by atoms with Gasteiger partial charge in [0.2, 0.25) is 5.91 Å². The summed E-state index contributed by atoms with van der Waals surface area (Å²) >= 11 is 3.33. The molecule has 4 N–H and O–H groups in total. The molecule has 31 heavy (non-hydrogen) atoms. The predicted octanol–water partition coefficient (Wildman–Crippen LogP) is 4.25. The lowest BCUT2D eigenvalue weighted by Crippen LogP contribution is -2.31.